The summed E-state index contributed by atoms with van der Waals surface area (Å²) in [7, 11) is 0. The van der Waals surface area contributed by atoms with Crippen molar-refractivity contribution in [3.8, 4) is 28.3 Å². The molecule has 0 saturated carbocycles. The highest BCUT2D eigenvalue weighted by Crippen LogP contribution is 2.29. The van der Waals surface area contributed by atoms with Crippen LogP contribution >= 0.6 is 0 Å². The van der Waals surface area contributed by atoms with Gasteiger partial charge in [0.25, 0.3) is 0 Å². The Morgan fingerprint density at radius 3 is 1.93 bits per heavy atom. The predicted molar refractivity (Wildman–Crippen MR) is 194 cm³/mol. The third-order valence-corrected chi connectivity index (χ3v) is 5.99. The third-order valence-electron chi connectivity index (χ3n) is 5.99. The van der Waals surface area contributed by atoms with Crippen LogP contribution in [-0.2, 0) is 0 Å². The number of aromatic nitrogens is 3. The minimum Gasteiger partial charge on any atom is -0.305 e. The molecule has 3 heteroatoms. The smallest absolute Gasteiger partial charge is 0.137 e. The summed E-state index contributed by atoms with van der Waals surface area (Å²) in [6.45, 7) is 29.8. The summed E-state index contributed by atoms with van der Waals surface area (Å²) in [6, 6.07) is 20.7. The molecular weight excluding hydrogens is 522 g/mol. The van der Waals surface area contributed by atoms with Crippen LogP contribution in [0.15, 0.2) is 110 Å². The van der Waals surface area contributed by atoms with Crippen LogP contribution in [0.2, 0.25) is 0 Å². The molecule has 0 radical (unpaired) electrons. The number of hydrogen-bond donors (Lipinski definition) is 0. The number of rotatable bonds is 6. The van der Waals surface area contributed by atoms with E-state index in [0.717, 1.165) is 39.6 Å². The molecule has 0 aliphatic heterocycles. The lowest BCUT2D eigenvalue weighted by molar-refractivity contribution is 0.956. The SMILES string of the molecule is C=C/C=C\C=C(/C)c1cc(-c2cccc(-n3cc(C)c(C)c3C)n2)cc(-c2ccccc2)n1.C=CC.CC.CC.CCC. The van der Waals surface area contributed by atoms with E-state index in [1.807, 2.05) is 65.0 Å². The Kier molecular flexibility index (Phi) is 20.2. The lowest BCUT2D eigenvalue weighted by Crippen LogP contribution is -2.00. The standard InChI is InChI=1S/C30H29N3.C3H8.C3H6.2C2H6/c1-6-7-9-13-21(2)28-18-26(19-29(31-28)25-14-10-8-11-15-25)27-16-12-17-30(32-27)33-20-22(3)23(4)24(33)5;2*1-3-2;2*1-2/h6-20H,1H2,2-5H3;3H2,1-2H3;3H,1H2,2H3;2*1-2H3/b9-7-,21-13+;;;;. The second-order valence-corrected chi connectivity index (χ2v) is 9.35. The molecule has 0 aliphatic carbocycles. The summed E-state index contributed by atoms with van der Waals surface area (Å²) < 4.78 is 2.17. The van der Waals surface area contributed by atoms with E-state index < -0.39 is 0 Å². The summed E-state index contributed by atoms with van der Waals surface area (Å²) in [5.74, 6) is 0.919. The van der Waals surface area contributed by atoms with Crippen molar-refractivity contribution in [2.75, 3.05) is 0 Å². The number of nitrogens with zero attached hydrogens (tertiary/aromatic N) is 3. The summed E-state index contributed by atoms with van der Waals surface area (Å²) in [4.78, 5) is 9.98. The largest absolute Gasteiger partial charge is 0.305 e. The highest BCUT2D eigenvalue weighted by molar-refractivity contribution is 5.75. The van der Waals surface area contributed by atoms with Crippen LogP contribution in [0.25, 0.3) is 33.9 Å². The monoisotopic (exact) mass is 577 g/mol. The maximum absolute atomic E-state index is 5.03. The maximum atomic E-state index is 5.03. The minimum atomic E-state index is 0.919. The van der Waals surface area contributed by atoms with E-state index >= 15 is 0 Å². The molecule has 3 heterocycles. The van der Waals surface area contributed by atoms with Crippen LogP contribution in [0.5, 0.6) is 0 Å². The van der Waals surface area contributed by atoms with Gasteiger partial charge >= 0.3 is 0 Å². The van der Waals surface area contributed by atoms with Crippen molar-refractivity contribution >= 4 is 5.57 Å². The Morgan fingerprint density at radius 2 is 1.40 bits per heavy atom. The van der Waals surface area contributed by atoms with Gasteiger partial charge in [0.05, 0.1) is 17.1 Å². The van der Waals surface area contributed by atoms with Gasteiger partial charge in [0.15, 0.2) is 0 Å². The first-order valence-corrected chi connectivity index (χ1v) is 15.5. The number of pyridine rings is 2. The van der Waals surface area contributed by atoms with E-state index in [0.29, 0.717) is 0 Å². The normalized spacial score (nSPS) is 10.1. The van der Waals surface area contributed by atoms with E-state index in [4.69, 9.17) is 9.97 Å². The first kappa shape index (κ1) is 38.8. The molecule has 4 aromatic rings. The van der Waals surface area contributed by atoms with Crippen LogP contribution < -0.4 is 0 Å². The van der Waals surface area contributed by atoms with E-state index in [2.05, 4.69) is 114 Å². The van der Waals surface area contributed by atoms with Crippen molar-refractivity contribution in [3.05, 3.63) is 133 Å². The van der Waals surface area contributed by atoms with E-state index in [1.165, 1.54) is 23.2 Å². The predicted octanol–water partition coefficient (Wildman–Crippen LogP) is 12.3. The Bertz CT molecular complexity index is 1420. The number of benzene rings is 1. The van der Waals surface area contributed by atoms with Crippen molar-refractivity contribution in [3.63, 3.8) is 0 Å². The first-order chi connectivity index (χ1) is 20.8. The fourth-order valence-electron chi connectivity index (χ4n) is 3.81. The summed E-state index contributed by atoms with van der Waals surface area (Å²) >= 11 is 0. The number of aryl methyl sites for hydroxylation is 1. The molecule has 0 unspecified atom stereocenters. The van der Waals surface area contributed by atoms with Crippen molar-refractivity contribution in [1.29, 1.82) is 0 Å². The topological polar surface area (TPSA) is 30.7 Å². The molecule has 3 nitrogen and oxygen atoms in total. The fraction of sp³-hybridized carbons (Fsp3) is 0.300. The molecular formula is C40H55N3. The lowest BCUT2D eigenvalue weighted by Gasteiger charge is -2.12. The van der Waals surface area contributed by atoms with E-state index in [9.17, 15) is 0 Å². The molecule has 0 aliphatic rings. The second-order valence-electron chi connectivity index (χ2n) is 9.35. The van der Waals surface area contributed by atoms with Gasteiger partial charge in [-0.25, -0.2) is 9.97 Å². The van der Waals surface area contributed by atoms with Crippen molar-refractivity contribution in [2.24, 2.45) is 0 Å². The lowest BCUT2D eigenvalue weighted by atomic mass is 10.0. The molecule has 0 amide bonds. The molecule has 4 rings (SSSR count). The zero-order valence-corrected chi connectivity index (χ0v) is 28.7. The zero-order chi connectivity index (χ0) is 32.8. The van der Waals surface area contributed by atoms with Gasteiger partial charge < -0.3 is 4.57 Å². The Morgan fingerprint density at radius 1 is 0.791 bits per heavy atom. The molecule has 0 bridgehead atoms. The van der Waals surface area contributed by atoms with Crippen LogP contribution in [0, 0.1) is 20.8 Å². The third kappa shape index (κ3) is 12.3. The molecule has 0 spiro atoms. The maximum Gasteiger partial charge on any atom is 0.137 e. The summed E-state index contributed by atoms with van der Waals surface area (Å²) in [5.41, 5.74) is 9.76. The number of allylic oxidation sites excluding steroid dienone is 6. The van der Waals surface area contributed by atoms with Gasteiger partial charge in [-0.1, -0.05) is 121 Å². The molecule has 1 aromatic carbocycles. The average Bonchev–Trinajstić information content (AvgIpc) is 3.31. The summed E-state index contributed by atoms with van der Waals surface area (Å²) in [6.07, 6.45) is 12.9. The molecule has 0 saturated heterocycles. The van der Waals surface area contributed by atoms with Gasteiger partial charge in [0.1, 0.15) is 5.82 Å². The Labute approximate surface area is 263 Å². The first-order valence-electron chi connectivity index (χ1n) is 15.5. The van der Waals surface area contributed by atoms with E-state index in [1.54, 1.807) is 12.2 Å². The van der Waals surface area contributed by atoms with Gasteiger partial charge in [-0.15, -0.1) is 6.58 Å². The van der Waals surface area contributed by atoms with Gasteiger partial charge in [0.2, 0.25) is 0 Å². The van der Waals surface area contributed by atoms with Gasteiger partial charge in [-0.05, 0) is 75.6 Å². The molecule has 0 atom stereocenters. The fourth-order valence-corrected chi connectivity index (χ4v) is 3.81. The highest BCUT2D eigenvalue weighted by Gasteiger charge is 2.12. The quantitative estimate of drug-likeness (QED) is 0.168. The molecule has 0 fully saturated rings. The highest BCUT2D eigenvalue weighted by atomic mass is 15.1. The molecule has 230 valence electrons. The summed E-state index contributed by atoms with van der Waals surface area (Å²) in [5, 5.41) is 0. The van der Waals surface area contributed by atoms with Crippen LogP contribution in [0.1, 0.15) is 84.3 Å². The average molecular weight is 578 g/mol. The van der Waals surface area contributed by atoms with Gasteiger partial charge in [0, 0.05) is 23.0 Å². The molecule has 43 heavy (non-hydrogen) atoms. The molecule has 3 aromatic heterocycles. The Hall–Kier alpha value is -4.24. The number of hydrogen-bond acceptors (Lipinski definition) is 2. The van der Waals surface area contributed by atoms with Crippen LogP contribution in [-0.4, -0.2) is 14.5 Å². The zero-order valence-electron chi connectivity index (χ0n) is 28.7. The van der Waals surface area contributed by atoms with Crippen LogP contribution in [0.4, 0.5) is 0 Å². The van der Waals surface area contributed by atoms with Crippen molar-refractivity contribution in [1.82, 2.24) is 14.5 Å². The van der Waals surface area contributed by atoms with Crippen molar-refractivity contribution in [2.45, 2.75) is 82.6 Å². The van der Waals surface area contributed by atoms with Gasteiger partial charge in [-0.3, -0.25) is 0 Å². The van der Waals surface area contributed by atoms with Crippen molar-refractivity contribution < 1.29 is 0 Å². The second kappa shape index (κ2) is 22.4. The van der Waals surface area contributed by atoms with Gasteiger partial charge in [-0.2, -0.15) is 0 Å². The van der Waals surface area contributed by atoms with Crippen LogP contribution in [0.3, 0.4) is 0 Å². The minimum absolute atomic E-state index is 0.919. The Balaban J connectivity index is 0.00000157. The van der Waals surface area contributed by atoms with E-state index in [-0.39, 0.29) is 0 Å². The molecule has 0 N–H and O–H groups in total.